The normalized spacial score (nSPS) is 29.9. The quantitative estimate of drug-likeness (QED) is 0.462. The number of likely N-dealkylation sites (tertiary alicyclic amines) is 1. The molecule has 1 unspecified atom stereocenters. The summed E-state index contributed by atoms with van der Waals surface area (Å²) in [6, 6.07) is 1.34. The van der Waals surface area contributed by atoms with Crippen LogP contribution in [-0.4, -0.2) is 55.5 Å². The topological polar surface area (TPSA) is 57.1 Å². The van der Waals surface area contributed by atoms with Crippen LogP contribution >= 0.6 is 0 Å². The highest BCUT2D eigenvalue weighted by atomic mass is 16.1. The predicted molar refractivity (Wildman–Crippen MR) is 131 cm³/mol. The molecule has 5 nitrogen and oxygen atoms in total. The van der Waals surface area contributed by atoms with Crippen molar-refractivity contribution >= 4 is 18.7 Å². The van der Waals surface area contributed by atoms with Gasteiger partial charge in [-0.25, -0.2) is 0 Å². The SMILES string of the molecule is C=N/C(C)=C(\C=N/CNC1CCN([C@@H]2CCC(CC)(CCC)C2)CC1)C1(C(C)=O)CC1. The van der Waals surface area contributed by atoms with Crippen LogP contribution in [0.3, 0.4) is 0 Å². The molecule has 3 aliphatic rings. The van der Waals surface area contributed by atoms with Crippen LogP contribution in [0.1, 0.15) is 91.9 Å². The molecule has 1 saturated heterocycles. The number of rotatable bonds is 11. The summed E-state index contributed by atoms with van der Waals surface area (Å²) in [6.45, 7) is 15.0. The standard InChI is InChI=1S/C26H44N4O/c1-6-11-25(7-2)12-8-23(17-25)30-15-9-22(10-16-30)29-19-28-18-24(20(3)27-5)26(13-14-26)21(4)31/h18,22-23,29H,5-17,19H2,1-4H3/b24-20+,28-18-/t23-,25?/m1/s1. The van der Waals surface area contributed by atoms with E-state index >= 15 is 0 Å². The van der Waals surface area contributed by atoms with Crippen LogP contribution in [0, 0.1) is 10.8 Å². The van der Waals surface area contributed by atoms with E-state index in [1.54, 1.807) is 6.92 Å². The summed E-state index contributed by atoms with van der Waals surface area (Å²) in [5.41, 5.74) is 2.05. The maximum absolute atomic E-state index is 12.1. The molecule has 2 atom stereocenters. The van der Waals surface area contributed by atoms with Crippen molar-refractivity contribution in [2.24, 2.45) is 20.8 Å². The van der Waals surface area contributed by atoms with Gasteiger partial charge in [0.2, 0.25) is 0 Å². The fourth-order valence-corrected chi connectivity index (χ4v) is 6.12. The monoisotopic (exact) mass is 428 g/mol. The molecule has 1 aliphatic heterocycles. The Bertz CT molecular complexity index is 700. The van der Waals surface area contributed by atoms with Gasteiger partial charge < -0.3 is 4.90 Å². The van der Waals surface area contributed by atoms with Crippen molar-refractivity contribution in [3.63, 3.8) is 0 Å². The number of hydrogen-bond donors (Lipinski definition) is 1. The first kappa shape index (κ1) is 24.3. The van der Waals surface area contributed by atoms with Gasteiger partial charge in [0.25, 0.3) is 0 Å². The molecule has 1 heterocycles. The van der Waals surface area contributed by atoms with E-state index in [9.17, 15) is 4.79 Å². The van der Waals surface area contributed by atoms with E-state index in [0.29, 0.717) is 18.1 Å². The highest BCUT2D eigenvalue weighted by Gasteiger charge is 2.50. The van der Waals surface area contributed by atoms with Gasteiger partial charge in [-0.1, -0.05) is 26.7 Å². The Kier molecular flexibility index (Phi) is 8.25. The number of piperidine rings is 1. The van der Waals surface area contributed by atoms with Crippen molar-refractivity contribution in [3.05, 3.63) is 11.3 Å². The lowest BCUT2D eigenvalue weighted by atomic mass is 9.79. The van der Waals surface area contributed by atoms with E-state index in [-0.39, 0.29) is 11.2 Å². The van der Waals surface area contributed by atoms with Gasteiger partial charge in [-0.05, 0) is 90.4 Å². The summed E-state index contributed by atoms with van der Waals surface area (Å²) in [4.78, 5) is 23.6. The van der Waals surface area contributed by atoms with Gasteiger partial charge in [0.05, 0.1) is 12.1 Å². The molecule has 2 saturated carbocycles. The Morgan fingerprint density at radius 2 is 1.87 bits per heavy atom. The third-order valence-electron chi connectivity index (χ3n) is 8.51. The zero-order chi connectivity index (χ0) is 22.5. The van der Waals surface area contributed by atoms with Crippen molar-refractivity contribution in [2.45, 2.75) is 104 Å². The van der Waals surface area contributed by atoms with Crippen LogP contribution in [0.2, 0.25) is 0 Å². The molecule has 2 aliphatic carbocycles. The number of Topliss-reactive ketones (excluding diaryl/α,β-unsaturated/α-hetero) is 1. The molecule has 5 heteroatoms. The number of aliphatic imine (C=N–C) groups is 2. The van der Waals surface area contributed by atoms with E-state index in [1.165, 1.54) is 64.5 Å². The average Bonchev–Trinajstić information content (AvgIpc) is 3.48. The lowest BCUT2D eigenvalue weighted by Crippen LogP contribution is -2.46. The van der Waals surface area contributed by atoms with Crippen LogP contribution in [0.5, 0.6) is 0 Å². The fraction of sp³-hybridized carbons (Fsp3) is 0.808. The predicted octanol–water partition coefficient (Wildman–Crippen LogP) is 5.16. The molecular formula is C26H44N4O. The van der Waals surface area contributed by atoms with Crippen molar-refractivity contribution in [1.29, 1.82) is 0 Å². The number of carbonyl (C=O) groups excluding carboxylic acids is 1. The molecule has 0 radical (unpaired) electrons. The molecule has 0 amide bonds. The Labute approximate surface area is 189 Å². The summed E-state index contributed by atoms with van der Waals surface area (Å²) in [5, 5.41) is 3.62. The summed E-state index contributed by atoms with van der Waals surface area (Å²) in [7, 11) is 0. The average molecular weight is 429 g/mol. The minimum Gasteiger partial charge on any atom is -0.300 e. The maximum Gasteiger partial charge on any atom is 0.140 e. The highest BCUT2D eigenvalue weighted by molar-refractivity contribution is 5.98. The lowest BCUT2D eigenvalue weighted by Gasteiger charge is -2.37. The van der Waals surface area contributed by atoms with E-state index in [0.717, 1.165) is 30.2 Å². The molecule has 174 valence electrons. The van der Waals surface area contributed by atoms with Gasteiger partial charge in [-0.2, -0.15) is 0 Å². The molecule has 0 bridgehead atoms. The van der Waals surface area contributed by atoms with Crippen molar-refractivity contribution < 1.29 is 4.79 Å². The molecule has 31 heavy (non-hydrogen) atoms. The molecule has 0 spiro atoms. The Balaban J connectivity index is 1.45. The number of nitrogens with zero attached hydrogens (tertiary/aromatic N) is 3. The first-order chi connectivity index (χ1) is 14.9. The minimum absolute atomic E-state index is 0.218. The third-order valence-corrected chi connectivity index (χ3v) is 8.51. The van der Waals surface area contributed by atoms with Gasteiger partial charge in [-0.15, -0.1) is 0 Å². The number of allylic oxidation sites excluding steroid dienone is 2. The van der Waals surface area contributed by atoms with Crippen LogP contribution in [0.25, 0.3) is 0 Å². The lowest BCUT2D eigenvalue weighted by molar-refractivity contribution is -0.120. The number of carbonyl (C=O) groups is 1. The van der Waals surface area contributed by atoms with Crippen LogP contribution in [0.15, 0.2) is 21.3 Å². The van der Waals surface area contributed by atoms with Gasteiger partial charge in [-0.3, -0.25) is 20.1 Å². The smallest absolute Gasteiger partial charge is 0.140 e. The zero-order valence-electron chi connectivity index (χ0n) is 20.4. The number of nitrogens with one attached hydrogen (secondary N) is 1. The second kappa shape index (κ2) is 10.5. The Morgan fingerprint density at radius 3 is 2.42 bits per heavy atom. The van der Waals surface area contributed by atoms with Crippen molar-refractivity contribution in [2.75, 3.05) is 19.8 Å². The molecule has 0 aromatic rings. The Hall–Kier alpha value is -1.33. The van der Waals surface area contributed by atoms with Crippen LogP contribution in [-0.2, 0) is 4.79 Å². The van der Waals surface area contributed by atoms with E-state index in [1.807, 2.05) is 13.1 Å². The van der Waals surface area contributed by atoms with Crippen molar-refractivity contribution in [3.8, 4) is 0 Å². The first-order valence-electron chi connectivity index (χ1n) is 12.6. The molecule has 0 aromatic carbocycles. The molecule has 1 N–H and O–H groups in total. The summed E-state index contributed by atoms with van der Waals surface area (Å²) in [5.74, 6) is 0.218. The minimum atomic E-state index is -0.354. The zero-order valence-corrected chi connectivity index (χ0v) is 20.4. The van der Waals surface area contributed by atoms with Gasteiger partial charge in [0, 0.05) is 29.6 Å². The second-order valence-electron chi connectivity index (χ2n) is 10.3. The third kappa shape index (κ3) is 5.54. The Morgan fingerprint density at radius 1 is 1.16 bits per heavy atom. The first-order valence-corrected chi connectivity index (χ1v) is 12.6. The van der Waals surface area contributed by atoms with Gasteiger partial charge >= 0.3 is 0 Å². The fourth-order valence-electron chi connectivity index (χ4n) is 6.12. The highest BCUT2D eigenvalue weighted by Crippen LogP contribution is 2.53. The van der Waals surface area contributed by atoms with Crippen LogP contribution < -0.4 is 5.32 Å². The largest absolute Gasteiger partial charge is 0.300 e. The summed E-state index contributed by atoms with van der Waals surface area (Å²) < 4.78 is 0. The maximum atomic E-state index is 12.1. The summed E-state index contributed by atoms with van der Waals surface area (Å²) in [6.07, 6.45) is 14.4. The molecule has 0 aromatic heterocycles. The molecular weight excluding hydrogens is 384 g/mol. The number of ketones is 1. The van der Waals surface area contributed by atoms with Gasteiger partial charge in [0.1, 0.15) is 5.78 Å². The van der Waals surface area contributed by atoms with Crippen molar-refractivity contribution in [1.82, 2.24) is 10.2 Å². The van der Waals surface area contributed by atoms with Crippen LogP contribution in [0.4, 0.5) is 0 Å². The van der Waals surface area contributed by atoms with E-state index in [4.69, 9.17) is 0 Å². The van der Waals surface area contributed by atoms with Gasteiger partial charge in [0.15, 0.2) is 0 Å². The second-order valence-corrected chi connectivity index (χ2v) is 10.3. The molecule has 3 rings (SSSR count). The number of hydrogen-bond acceptors (Lipinski definition) is 5. The van der Waals surface area contributed by atoms with E-state index < -0.39 is 0 Å². The molecule has 3 fully saturated rings. The summed E-state index contributed by atoms with van der Waals surface area (Å²) >= 11 is 0. The van der Waals surface area contributed by atoms with E-state index in [2.05, 4.69) is 40.8 Å².